The number of carbonyl (C=O) groups is 1. The Morgan fingerprint density at radius 2 is 2.18 bits per heavy atom. The zero-order valence-corrected chi connectivity index (χ0v) is 13.8. The highest BCUT2D eigenvalue weighted by Crippen LogP contribution is 2.33. The van der Waals surface area contributed by atoms with Gasteiger partial charge in [-0.05, 0) is 51.7 Å². The van der Waals surface area contributed by atoms with E-state index in [1.54, 1.807) is 18.3 Å². The molecule has 1 atom stereocenters. The number of nitrogens with zero attached hydrogens (tertiary/aromatic N) is 1. The largest absolute Gasteiger partial charge is 0.343 e. The monoisotopic (exact) mass is 317 g/mol. The molecule has 6 heteroatoms. The van der Waals surface area contributed by atoms with Gasteiger partial charge in [0, 0.05) is 10.6 Å². The van der Waals surface area contributed by atoms with E-state index in [1.807, 2.05) is 19.9 Å². The molecule has 3 rings (SSSR count). The molecule has 0 saturated heterocycles. The first kappa shape index (κ1) is 15.0. The SMILES string of the molecule is Cc1cc(C)c(C(=O)N[C@@H]2CCCc3sc(C)nc32)c(=O)[nH]1. The maximum atomic E-state index is 12.5. The predicted molar refractivity (Wildman–Crippen MR) is 86.5 cm³/mol. The van der Waals surface area contributed by atoms with E-state index in [-0.39, 0.29) is 23.1 Å². The van der Waals surface area contributed by atoms with Gasteiger partial charge in [-0.3, -0.25) is 9.59 Å². The lowest BCUT2D eigenvalue weighted by atomic mass is 9.97. The second-order valence-corrected chi connectivity index (χ2v) is 7.09. The van der Waals surface area contributed by atoms with Crippen LogP contribution >= 0.6 is 11.3 Å². The van der Waals surface area contributed by atoms with Crippen LogP contribution in [-0.4, -0.2) is 15.9 Å². The minimum Gasteiger partial charge on any atom is -0.343 e. The smallest absolute Gasteiger partial charge is 0.261 e. The Bertz CT molecular complexity index is 791. The van der Waals surface area contributed by atoms with Gasteiger partial charge in [-0.1, -0.05) is 0 Å². The summed E-state index contributed by atoms with van der Waals surface area (Å²) in [4.78, 5) is 33.1. The van der Waals surface area contributed by atoms with Crippen molar-refractivity contribution >= 4 is 17.2 Å². The van der Waals surface area contributed by atoms with Crippen molar-refractivity contribution in [3.63, 3.8) is 0 Å². The molecule has 0 aliphatic heterocycles. The molecule has 5 nitrogen and oxygen atoms in total. The van der Waals surface area contributed by atoms with Gasteiger partial charge in [0.1, 0.15) is 5.56 Å². The van der Waals surface area contributed by atoms with Crippen molar-refractivity contribution in [3.8, 4) is 0 Å². The summed E-state index contributed by atoms with van der Waals surface area (Å²) in [5.74, 6) is -0.317. The molecule has 0 spiro atoms. The van der Waals surface area contributed by atoms with Gasteiger partial charge in [0.2, 0.25) is 0 Å². The molecular weight excluding hydrogens is 298 g/mol. The van der Waals surface area contributed by atoms with Crippen molar-refractivity contribution in [2.75, 3.05) is 0 Å². The zero-order chi connectivity index (χ0) is 15.9. The van der Waals surface area contributed by atoms with Crippen molar-refractivity contribution < 1.29 is 4.79 Å². The van der Waals surface area contributed by atoms with Crippen molar-refractivity contribution in [2.45, 2.75) is 46.1 Å². The van der Waals surface area contributed by atoms with Crippen LogP contribution in [0.2, 0.25) is 0 Å². The Morgan fingerprint density at radius 3 is 2.91 bits per heavy atom. The number of amides is 1. The number of thiazole rings is 1. The van der Waals surface area contributed by atoms with E-state index in [2.05, 4.69) is 15.3 Å². The lowest BCUT2D eigenvalue weighted by molar-refractivity contribution is 0.0929. The maximum absolute atomic E-state index is 12.5. The molecule has 116 valence electrons. The highest BCUT2D eigenvalue weighted by atomic mass is 32.1. The van der Waals surface area contributed by atoms with Gasteiger partial charge in [-0.2, -0.15) is 0 Å². The first-order chi connectivity index (χ1) is 10.5. The molecule has 1 aliphatic carbocycles. The van der Waals surface area contributed by atoms with E-state index in [0.717, 1.165) is 35.7 Å². The Hall–Kier alpha value is -1.95. The molecule has 0 aromatic carbocycles. The third-order valence-electron chi connectivity index (χ3n) is 3.96. The zero-order valence-electron chi connectivity index (χ0n) is 12.9. The van der Waals surface area contributed by atoms with E-state index < -0.39 is 0 Å². The molecule has 2 aromatic heterocycles. The van der Waals surface area contributed by atoms with Gasteiger partial charge in [-0.25, -0.2) is 4.98 Å². The number of aromatic amines is 1. The van der Waals surface area contributed by atoms with Crippen molar-refractivity contribution in [1.82, 2.24) is 15.3 Å². The molecule has 0 unspecified atom stereocenters. The first-order valence-electron chi connectivity index (χ1n) is 7.43. The molecular formula is C16H19N3O2S. The van der Waals surface area contributed by atoms with Gasteiger partial charge < -0.3 is 10.3 Å². The molecule has 22 heavy (non-hydrogen) atoms. The number of hydrogen-bond donors (Lipinski definition) is 2. The van der Waals surface area contributed by atoms with E-state index >= 15 is 0 Å². The summed E-state index contributed by atoms with van der Waals surface area (Å²) in [6.07, 6.45) is 2.92. The molecule has 0 saturated carbocycles. The Morgan fingerprint density at radius 1 is 1.41 bits per heavy atom. The van der Waals surface area contributed by atoms with E-state index in [0.29, 0.717) is 5.56 Å². The number of aromatic nitrogens is 2. The van der Waals surface area contributed by atoms with Crippen LogP contribution in [0.5, 0.6) is 0 Å². The van der Waals surface area contributed by atoms with Crippen LogP contribution in [0.3, 0.4) is 0 Å². The molecule has 0 radical (unpaired) electrons. The molecule has 2 heterocycles. The van der Waals surface area contributed by atoms with Crippen LogP contribution in [0, 0.1) is 20.8 Å². The summed E-state index contributed by atoms with van der Waals surface area (Å²) in [6.45, 7) is 5.58. The summed E-state index contributed by atoms with van der Waals surface area (Å²) < 4.78 is 0. The second kappa shape index (κ2) is 5.68. The van der Waals surface area contributed by atoms with Crippen LogP contribution in [0.25, 0.3) is 0 Å². The minimum atomic E-state index is -0.333. The normalized spacial score (nSPS) is 17.1. The second-order valence-electron chi connectivity index (χ2n) is 5.80. The topological polar surface area (TPSA) is 74.8 Å². The van der Waals surface area contributed by atoms with Gasteiger partial charge in [0.05, 0.1) is 16.7 Å². The van der Waals surface area contributed by atoms with Crippen molar-refractivity contribution in [3.05, 3.63) is 48.8 Å². The van der Waals surface area contributed by atoms with Gasteiger partial charge in [0.15, 0.2) is 0 Å². The summed E-state index contributed by atoms with van der Waals surface area (Å²) >= 11 is 1.69. The average molecular weight is 317 g/mol. The van der Waals surface area contributed by atoms with Crippen LogP contribution in [0.15, 0.2) is 10.9 Å². The molecule has 2 N–H and O–H groups in total. The van der Waals surface area contributed by atoms with Crippen molar-refractivity contribution in [1.29, 1.82) is 0 Å². The number of pyridine rings is 1. The average Bonchev–Trinajstić information content (AvgIpc) is 2.79. The number of rotatable bonds is 2. The predicted octanol–water partition coefficient (Wildman–Crippen LogP) is 2.56. The van der Waals surface area contributed by atoms with Crippen LogP contribution in [0.4, 0.5) is 0 Å². The Kier molecular flexibility index (Phi) is 3.87. The molecule has 1 aliphatic rings. The van der Waals surface area contributed by atoms with Crippen LogP contribution in [-0.2, 0) is 6.42 Å². The van der Waals surface area contributed by atoms with Crippen molar-refractivity contribution in [2.24, 2.45) is 0 Å². The van der Waals surface area contributed by atoms with E-state index in [9.17, 15) is 9.59 Å². The van der Waals surface area contributed by atoms with Gasteiger partial charge >= 0.3 is 0 Å². The van der Waals surface area contributed by atoms with Gasteiger partial charge in [-0.15, -0.1) is 11.3 Å². The van der Waals surface area contributed by atoms with Crippen LogP contribution in [0.1, 0.15) is 56.1 Å². The third-order valence-corrected chi connectivity index (χ3v) is 5.01. The number of carbonyl (C=O) groups excluding carboxylic acids is 1. The number of nitrogens with one attached hydrogen (secondary N) is 2. The number of H-pyrrole nitrogens is 1. The molecule has 0 fully saturated rings. The molecule has 1 amide bonds. The summed E-state index contributed by atoms with van der Waals surface area (Å²) in [6, 6.07) is 1.72. The summed E-state index contributed by atoms with van der Waals surface area (Å²) in [5, 5.41) is 4.01. The number of fused-ring (bicyclic) bond motifs is 1. The number of hydrogen-bond acceptors (Lipinski definition) is 4. The van der Waals surface area contributed by atoms with E-state index in [4.69, 9.17) is 0 Å². The quantitative estimate of drug-likeness (QED) is 0.894. The fraction of sp³-hybridized carbons (Fsp3) is 0.438. The highest BCUT2D eigenvalue weighted by molar-refractivity contribution is 7.11. The Balaban J connectivity index is 1.89. The Labute approximate surface area is 132 Å². The highest BCUT2D eigenvalue weighted by Gasteiger charge is 2.27. The summed E-state index contributed by atoms with van der Waals surface area (Å²) in [5.41, 5.74) is 2.30. The fourth-order valence-electron chi connectivity index (χ4n) is 3.05. The fourth-order valence-corrected chi connectivity index (χ4v) is 4.09. The maximum Gasteiger partial charge on any atom is 0.261 e. The molecule has 2 aromatic rings. The first-order valence-corrected chi connectivity index (χ1v) is 8.25. The van der Waals surface area contributed by atoms with E-state index in [1.165, 1.54) is 4.88 Å². The lowest BCUT2D eigenvalue weighted by Gasteiger charge is -2.22. The van der Waals surface area contributed by atoms with Crippen LogP contribution < -0.4 is 10.9 Å². The molecule has 0 bridgehead atoms. The minimum absolute atomic E-state index is 0.0960. The van der Waals surface area contributed by atoms with Gasteiger partial charge in [0.25, 0.3) is 11.5 Å². The number of aryl methyl sites for hydroxylation is 4. The lowest BCUT2D eigenvalue weighted by Crippen LogP contribution is -2.35. The summed E-state index contributed by atoms with van der Waals surface area (Å²) in [7, 11) is 0. The third kappa shape index (κ3) is 2.70. The standard InChI is InChI=1S/C16H19N3O2S/c1-8-7-9(2)17-15(20)13(8)16(21)19-11-5-4-6-12-14(11)18-10(3)22-12/h7,11H,4-6H2,1-3H3,(H,17,20)(H,19,21)/t11-/m1/s1.